The van der Waals surface area contributed by atoms with Crippen molar-refractivity contribution in [3.8, 4) is 11.5 Å². The molecule has 0 spiro atoms. The molecule has 0 bridgehead atoms. The lowest BCUT2D eigenvalue weighted by molar-refractivity contribution is 0.0320. The summed E-state index contributed by atoms with van der Waals surface area (Å²) in [5.41, 5.74) is 0.396. The summed E-state index contributed by atoms with van der Waals surface area (Å²) in [4.78, 5) is 12.2. The van der Waals surface area contributed by atoms with Crippen molar-refractivity contribution in [1.82, 2.24) is 5.32 Å². The predicted molar refractivity (Wildman–Crippen MR) is 89.1 cm³/mol. The SMILES string of the molecule is COc1cc(C(=O)NC[C@@H](O)COCC2CC2)cc(OC)c1Br. The van der Waals surface area contributed by atoms with Gasteiger partial charge in [0.15, 0.2) is 0 Å². The second-order valence-electron chi connectivity index (χ2n) is 5.54. The molecule has 0 unspecified atom stereocenters. The van der Waals surface area contributed by atoms with Crippen LogP contribution >= 0.6 is 15.9 Å². The Bertz CT molecular complexity index is 522. The van der Waals surface area contributed by atoms with Crippen LogP contribution in [-0.2, 0) is 4.74 Å². The first-order chi connectivity index (χ1) is 11.0. The standard InChI is InChI=1S/C16H22BrNO5/c1-21-13-5-11(6-14(22-2)15(13)17)16(20)18-7-12(19)9-23-8-10-3-4-10/h5-6,10,12,19H,3-4,7-9H2,1-2H3,(H,18,20)/t12-/m1/s1. The van der Waals surface area contributed by atoms with Crippen LogP contribution in [0.1, 0.15) is 23.2 Å². The summed E-state index contributed by atoms with van der Waals surface area (Å²) >= 11 is 3.35. The molecule has 0 saturated heterocycles. The molecule has 23 heavy (non-hydrogen) atoms. The van der Waals surface area contributed by atoms with Gasteiger partial charge in [0.2, 0.25) is 0 Å². The van der Waals surface area contributed by atoms with Crippen molar-refractivity contribution < 1.29 is 24.1 Å². The number of aliphatic hydroxyl groups is 1. The van der Waals surface area contributed by atoms with Gasteiger partial charge >= 0.3 is 0 Å². The molecule has 0 heterocycles. The zero-order chi connectivity index (χ0) is 16.8. The van der Waals surface area contributed by atoms with Gasteiger partial charge in [-0.1, -0.05) is 0 Å². The van der Waals surface area contributed by atoms with Gasteiger partial charge < -0.3 is 24.6 Å². The number of benzene rings is 1. The van der Waals surface area contributed by atoms with Crippen LogP contribution in [0.2, 0.25) is 0 Å². The van der Waals surface area contributed by atoms with Gasteiger partial charge in [-0.25, -0.2) is 0 Å². The van der Waals surface area contributed by atoms with Gasteiger partial charge in [-0.3, -0.25) is 4.79 Å². The third-order valence-corrected chi connectivity index (χ3v) is 4.35. The molecule has 1 aromatic carbocycles. The fourth-order valence-electron chi connectivity index (χ4n) is 2.03. The summed E-state index contributed by atoms with van der Waals surface area (Å²) in [5.74, 6) is 1.35. The van der Waals surface area contributed by atoms with Gasteiger partial charge in [0.25, 0.3) is 5.91 Å². The number of halogens is 1. The maximum Gasteiger partial charge on any atom is 0.251 e. The molecule has 1 amide bonds. The summed E-state index contributed by atoms with van der Waals surface area (Å²) in [7, 11) is 3.03. The van der Waals surface area contributed by atoms with E-state index in [1.807, 2.05) is 0 Å². The highest BCUT2D eigenvalue weighted by atomic mass is 79.9. The topological polar surface area (TPSA) is 77.0 Å². The molecule has 128 valence electrons. The van der Waals surface area contributed by atoms with Crippen LogP contribution in [0.25, 0.3) is 0 Å². The van der Waals surface area contributed by atoms with Crippen LogP contribution in [0.5, 0.6) is 11.5 Å². The smallest absolute Gasteiger partial charge is 0.251 e. The summed E-state index contributed by atoms with van der Waals surface area (Å²) in [6.45, 7) is 1.04. The first-order valence-corrected chi connectivity index (χ1v) is 8.30. The van der Waals surface area contributed by atoms with Crippen molar-refractivity contribution in [2.45, 2.75) is 18.9 Å². The lowest BCUT2D eigenvalue weighted by Gasteiger charge is -2.14. The van der Waals surface area contributed by atoms with E-state index in [1.165, 1.54) is 27.1 Å². The van der Waals surface area contributed by atoms with Gasteiger partial charge in [-0.05, 0) is 46.8 Å². The molecular formula is C16H22BrNO5. The van der Waals surface area contributed by atoms with Crippen molar-refractivity contribution in [1.29, 1.82) is 0 Å². The van der Waals surface area contributed by atoms with Crippen molar-refractivity contribution in [2.75, 3.05) is 34.0 Å². The minimum Gasteiger partial charge on any atom is -0.495 e. The summed E-state index contributed by atoms with van der Waals surface area (Å²) in [6, 6.07) is 3.22. The molecule has 1 aromatic rings. The van der Waals surface area contributed by atoms with Crippen LogP contribution in [-0.4, -0.2) is 51.1 Å². The highest BCUT2D eigenvalue weighted by molar-refractivity contribution is 9.10. The molecule has 1 aliphatic rings. The van der Waals surface area contributed by atoms with Crippen molar-refractivity contribution >= 4 is 21.8 Å². The third kappa shape index (κ3) is 5.37. The summed E-state index contributed by atoms with van der Waals surface area (Å²) in [6.07, 6.45) is 1.69. The third-order valence-electron chi connectivity index (χ3n) is 3.57. The van der Waals surface area contributed by atoms with Crippen molar-refractivity contribution in [3.05, 3.63) is 22.2 Å². The minimum absolute atomic E-state index is 0.129. The van der Waals surface area contributed by atoms with E-state index in [0.29, 0.717) is 34.1 Å². The number of hydrogen-bond acceptors (Lipinski definition) is 5. The maximum absolute atomic E-state index is 12.2. The van der Waals surface area contributed by atoms with E-state index in [1.54, 1.807) is 12.1 Å². The summed E-state index contributed by atoms with van der Waals surface area (Å²) in [5, 5.41) is 12.5. The number of rotatable bonds is 9. The van der Waals surface area contributed by atoms with E-state index < -0.39 is 6.10 Å². The highest BCUT2D eigenvalue weighted by Gasteiger charge is 2.21. The highest BCUT2D eigenvalue weighted by Crippen LogP contribution is 2.35. The van der Waals surface area contributed by atoms with Crippen LogP contribution in [0, 0.1) is 5.92 Å². The quantitative estimate of drug-likeness (QED) is 0.677. The van der Waals surface area contributed by atoms with E-state index >= 15 is 0 Å². The van der Waals surface area contributed by atoms with Crippen molar-refractivity contribution in [2.24, 2.45) is 5.92 Å². The Balaban J connectivity index is 1.86. The van der Waals surface area contributed by atoms with Crippen LogP contribution in [0.4, 0.5) is 0 Å². The molecule has 0 aromatic heterocycles. The largest absolute Gasteiger partial charge is 0.495 e. The van der Waals surface area contributed by atoms with Gasteiger partial charge in [-0.2, -0.15) is 0 Å². The number of carbonyl (C=O) groups is 1. The lowest BCUT2D eigenvalue weighted by atomic mass is 10.2. The number of ether oxygens (including phenoxy) is 3. The molecule has 0 radical (unpaired) electrons. The molecular weight excluding hydrogens is 366 g/mol. The van der Waals surface area contributed by atoms with E-state index in [4.69, 9.17) is 14.2 Å². The fraction of sp³-hybridized carbons (Fsp3) is 0.562. The number of hydrogen-bond donors (Lipinski definition) is 2. The van der Waals surface area contributed by atoms with E-state index in [-0.39, 0.29) is 19.1 Å². The minimum atomic E-state index is -0.725. The Kier molecular flexibility index (Phi) is 6.68. The van der Waals surface area contributed by atoms with Crippen LogP contribution in [0.15, 0.2) is 16.6 Å². The molecule has 2 N–H and O–H groups in total. The number of methoxy groups -OCH3 is 2. The van der Waals surface area contributed by atoms with Gasteiger partial charge in [0.05, 0.1) is 26.9 Å². The normalized spacial score (nSPS) is 15.1. The number of amides is 1. The molecule has 1 atom stereocenters. The zero-order valence-electron chi connectivity index (χ0n) is 13.3. The van der Waals surface area contributed by atoms with Gasteiger partial charge in [0.1, 0.15) is 16.0 Å². The molecule has 2 rings (SSSR count). The Morgan fingerprint density at radius 1 is 1.35 bits per heavy atom. The number of carbonyl (C=O) groups excluding carboxylic acids is 1. The number of aliphatic hydroxyl groups excluding tert-OH is 1. The molecule has 1 aliphatic carbocycles. The van der Waals surface area contributed by atoms with Crippen LogP contribution in [0.3, 0.4) is 0 Å². The Morgan fingerprint density at radius 2 is 1.96 bits per heavy atom. The zero-order valence-corrected chi connectivity index (χ0v) is 14.9. The molecule has 0 aliphatic heterocycles. The molecule has 1 fully saturated rings. The summed E-state index contributed by atoms with van der Waals surface area (Å²) < 4.78 is 16.5. The van der Waals surface area contributed by atoms with E-state index in [9.17, 15) is 9.90 Å². The molecule has 6 nitrogen and oxygen atoms in total. The second-order valence-corrected chi connectivity index (χ2v) is 6.33. The van der Waals surface area contributed by atoms with Crippen LogP contribution < -0.4 is 14.8 Å². The first-order valence-electron chi connectivity index (χ1n) is 7.50. The molecule has 1 saturated carbocycles. The van der Waals surface area contributed by atoms with Crippen molar-refractivity contribution in [3.63, 3.8) is 0 Å². The Labute approximate surface area is 144 Å². The Morgan fingerprint density at radius 3 is 2.48 bits per heavy atom. The van der Waals surface area contributed by atoms with Gasteiger partial charge in [0, 0.05) is 18.7 Å². The Hall–Kier alpha value is -1.31. The van der Waals surface area contributed by atoms with E-state index in [0.717, 1.165) is 0 Å². The first kappa shape index (κ1) is 18.0. The average molecular weight is 388 g/mol. The second kappa shape index (κ2) is 8.52. The molecule has 7 heteroatoms. The van der Waals surface area contributed by atoms with E-state index in [2.05, 4.69) is 21.2 Å². The van der Waals surface area contributed by atoms with Gasteiger partial charge in [-0.15, -0.1) is 0 Å². The number of nitrogens with one attached hydrogen (secondary N) is 1. The maximum atomic E-state index is 12.2. The average Bonchev–Trinajstić information content (AvgIpc) is 3.37. The fourth-order valence-corrected chi connectivity index (χ4v) is 2.58. The monoisotopic (exact) mass is 387 g/mol. The predicted octanol–water partition coefficient (Wildman–Crippen LogP) is 1.98. The lowest BCUT2D eigenvalue weighted by Crippen LogP contribution is -2.34.